The van der Waals surface area contributed by atoms with Crippen molar-refractivity contribution in [1.29, 1.82) is 0 Å². The van der Waals surface area contributed by atoms with Crippen molar-refractivity contribution in [2.45, 2.75) is 12.1 Å². The molecule has 2 aromatic carbocycles. The first-order chi connectivity index (χ1) is 16.0. The van der Waals surface area contributed by atoms with Gasteiger partial charge < -0.3 is 19.9 Å². The Hall–Kier alpha value is -4.04. The Morgan fingerprint density at radius 2 is 1.70 bits per heavy atom. The van der Waals surface area contributed by atoms with E-state index in [1.54, 1.807) is 42.6 Å². The van der Waals surface area contributed by atoms with Gasteiger partial charge in [-0.2, -0.15) is 0 Å². The van der Waals surface area contributed by atoms with Crippen LogP contribution in [0.2, 0.25) is 0 Å². The minimum Gasteiger partial charge on any atom is -0.478 e. The second kappa shape index (κ2) is 8.48. The first-order valence-corrected chi connectivity index (χ1v) is 10.7. The summed E-state index contributed by atoms with van der Waals surface area (Å²) in [6, 6.07) is 22.0. The number of nitrogens with one attached hydrogen (secondary N) is 1. The maximum Gasteiger partial charge on any atom is 0.335 e. The smallest absolute Gasteiger partial charge is 0.335 e. The summed E-state index contributed by atoms with van der Waals surface area (Å²) in [5, 5.41) is 13.1. The van der Waals surface area contributed by atoms with E-state index in [1.165, 1.54) is 12.1 Å². The number of pyridine rings is 1. The molecule has 0 aliphatic carbocycles. The molecule has 0 amide bonds. The summed E-state index contributed by atoms with van der Waals surface area (Å²) in [6.07, 6.45) is 3.66. The molecule has 0 radical (unpaired) electrons. The molecule has 5 rings (SSSR count). The number of nitrogens with zero attached hydrogens (tertiary/aromatic N) is 3. The molecule has 8 heteroatoms. The molecular formula is C25H19FN4O2S. The van der Waals surface area contributed by atoms with E-state index in [2.05, 4.69) is 10.3 Å². The van der Waals surface area contributed by atoms with Gasteiger partial charge in [0, 0.05) is 29.5 Å². The first-order valence-electron chi connectivity index (χ1n) is 10.3. The number of hydrogen-bond donors (Lipinski definition) is 2. The van der Waals surface area contributed by atoms with Crippen LogP contribution in [0, 0.1) is 5.82 Å². The molecule has 2 N–H and O–H groups in total. The van der Waals surface area contributed by atoms with Gasteiger partial charge in [-0.05, 0) is 85.0 Å². The molecule has 0 saturated carbocycles. The maximum atomic E-state index is 13.6. The Kier molecular flexibility index (Phi) is 5.35. The van der Waals surface area contributed by atoms with Gasteiger partial charge in [0.15, 0.2) is 5.11 Å². The molecule has 3 heterocycles. The lowest BCUT2D eigenvalue weighted by molar-refractivity contribution is 0.0697. The van der Waals surface area contributed by atoms with E-state index in [0.717, 1.165) is 22.8 Å². The van der Waals surface area contributed by atoms with E-state index in [4.69, 9.17) is 12.2 Å². The Morgan fingerprint density at radius 3 is 2.36 bits per heavy atom. The van der Waals surface area contributed by atoms with E-state index in [-0.39, 0.29) is 23.5 Å². The quantitative estimate of drug-likeness (QED) is 0.415. The number of carboxylic acid groups (broad SMARTS) is 1. The van der Waals surface area contributed by atoms with Crippen LogP contribution in [-0.2, 0) is 0 Å². The average molecular weight is 459 g/mol. The van der Waals surface area contributed by atoms with E-state index in [0.29, 0.717) is 5.11 Å². The van der Waals surface area contributed by atoms with Crippen molar-refractivity contribution in [1.82, 2.24) is 14.9 Å². The fourth-order valence-corrected chi connectivity index (χ4v) is 4.52. The third kappa shape index (κ3) is 3.85. The van der Waals surface area contributed by atoms with Crippen molar-refractivity contribution in [3.05, 3.63) is 114 Å². The predicted molar refractivity (Wildman–Crippen MR) is 127 cm³/mol. The monoisotopic (exact) mass is 458 g/mol. The zero-order chi connectivity index (χ0) is 22.9. The molecule has 1 saturated heterocycles. The third-order valence-corrected chi connectivity index (χ3v) is 5.99. The number of hydrogen-bond acceptors (Lipinski definition) is 3. The van der Waals surface area contributed by atoms with Gasteiger partial charge in [0.05, 0.1) is 17.3 Å². The van der Waals surface area contributed by atoms with Gasteiger partial charge >= 0.3 is 5.97 Å². The first kappa shape index (κ1) is 20.8. The Bertz CT molecular complexity index is 1310. The molecule has 1 aliphatic rings. The van der Waals surface area contributed by atoms with E-state index in [1.807, 2.05) is 46.0 Å². The highest BCUT2D eigenvalue weighted by Crippen LogP contribution is 2.42. The van der Waals surface area contributed by atoms with Crippen LogP contribution in [0.1, 0.15) is 33.8 Å². The molecule has 2 unspecified atom stereocenters. The molecular weight excluding hydrogens is 439 g/mol. The topological polar surface area (TPSA) is 70.4 Å². The third-order valence-electron chi connectivity index (χ3n) is 5.68. The Morgan fingerprint density at radius 1 is 0.970 bits per heavy atom. The van der Waals surface area contributed by atoms with E-state index in [9.17, 15) is 14.3 Å². The summed E-state index contributed by atoms with van der Waals surface area (Å²) in [4.78, 5) is 17.8. The summed E-state index contributed by atoms with van der Waals surface area (Å²) in [5.41, 5.74) is 3.53. The zero-order valence-corrected chi connectivity index (χ0v) is 18.1. The lowest BCUT2D eigenvalue weighted by atomic mass is 10.0. The lowest BCUT2D eigenvalue weighted by Crippen LogP contribution is -2.30. The second-order valence-corrected chi connectivity index (χ2v) is 8.01. The average Bonchev–Trinajstić information content (AvgIpc) is 3.44. The number of benzene rings is 2. The lowest BCUT2D eigenvalue weighted by Gasteiger charge is -2.29. The van der Waals surface area contributed by atoms with Crippen molar-refractivity contribution >= 4 is 29.0 Å². The molecule has 0 bridgehead atoms. The van der Waals surface area contributed by atoms with Crippen molar-refractivity contribution < 1.29 is 14.3 Å². The SMILES string of the molecule is O=C(O)c1ccc(-n2cccc2C2C(c3ccccn3)NC(=S)N2c2ccc(F)cc2)cc1. The standard InChI is InChI=1S/C25H19FN4O2S/c26-17-8-12-19(13-9-17)30-23(22(28-25(30)33)20-4-1-2-14-27-20)21-5-3-15-29(21)18-10-6-16(7-11-18)24(31)32/h1-15,22-23H,(H,28,33)(H,31,32). The molecule has 2 aromatic heterocycles. The molecule has 2 atom stereocenters. The number of carbonyl (C=O) groups is 1. The van der Waals surface area contributed by atoms with Crippen molar-refractivity contribution in [3.8, 4) is 5.69 Å². The van der Waals surface area contributed by atoms with Gasteiger partial charge in [0.1, 0.15) is 11.9 Å². The number of carboxylic acids is 1. The minimum atomic E-state index is -0.975. The van der Waals surface area contributed by atoms with Crippen molar-refractivity contribution in [3.63, 3.8) is 0 Å². The molecule has 164 valence electrons. The normalized spacial score (nSPS) is 17.7. The molecule has 4 aromatic rings. The second-order valence-electron chi connectivity index (χ2n) is 7.63. The zero-order valence-electron chi connectivity index (χ0n) is 17.3. The van der Waals surface area contributed by atoms with Crippen LogP contribution in [0.5, 0.6) is 0 Å². The molecule has 0 spiro atoms. The highest BCUT2D eigenvalue weighted by atomic mass is 32.1. The molecule has 1 aliphatic heterocycles. The predicted octanol–water partition coefficient (Wildman–Crippen LogP) is 4.89. The number of rotatable bonds is 5. The van der Waals surface area contributed by atoms with Gasteiger partial charge in [-0.15, -0.1) is 0 Å². The van der Waals surface area contributed by atoms with Crippen molar-refractivity contribution in [2.75, 3.05) is 4.90 Å². The summed E-state index contributed by atoms with van der Waals surface area (Å²) in [5.74, 6) is -1.30. The van der Waals surface area contributed by atoms with Crippen molar-refractivity contribution in [2.24, 2.45) is 0 Å². The summed E-state index contributed by atoms with van der Waals surface area (Å²) in [6.45, 7) is 0. The Balaban J connectivity index is 1.63. The number of thiocarbonyl (C=S) groups is 1. The van der Waals surface area contributed by atoms with Crippen LogP contribution in [0.3, 0.4) is 0 Å². The Labute approximate surface area is 194 Å². The van der Waals surface area contributed by atoms with E-state index < -0.39 is 5.97 Å². The van der Waals surface area contributed by atoms with Gasteiger partial charge in [-0.25, -0.2) is 9.18 Å². The summed E-state index contributed by atoms with van der Waals surface area (Å²) >= 11 is 5.71. The van der Waals surface area contributed by atoms with Crippen LogP contribution in [-0.4, -0.2) is 25.7 Å². The molecule has 1 fully saturated rings. The van der Waals surface area contributed by atoms with Crippen LogP contribution in [0.4, 0.5) is 10.1 Å². The summed E-state index contributed by atoms with van der Waals surface area (Å²) in [7, 11) is 0. The number of halogens is 1. The number of aromatic nitrogens is 2. The number of anilines is 1. The molecule has 33 heavy (non-hydrogen) atoms. The van der Waals surface area contributed by atoms with Gasteiger partial charge in [0.2, 0.25) is 0 Å². The largest absolute Gasteiger partial charge is 0.478 e. The highest BCUT2D eigenvalue weighted by molar-refractivity contribution is 7.80. The maximum absolute atomic E-state index is 13.6. The van der Waals surface area contributed by atoms with E-state index >= 15 is 0 Å². The minimum absolute atomic E-state index is 0.218. The fourth-order valence-electron chi connectivity index (χ4n) is 4.17. The molecule has 6 nitrogen and oxygen atoms in total. The van der Waals surface area contributed by atoms with Crippen LogP contribution in [0.25, 0.3) is 5.69 Å². The van der Waals surface area contributed by atoms with Crippen LogP contribution in [0.15, 0.2) is 91.3 Å². The van der Waals surface area contributed by atoms with Crippen LogP contribution < -0.4 is 10.2 Å². The van der Waals surface area contributed by atoms with Gasteiger partial charge in [-0.3, -0.25) is 4.98 Å². The van der Waals surface area contributed by atoms with Crippen LogP contribution >= 0.6 is 12.2 Å². The number of aromatic carboxylic acids is 1. The highest BCUT2D eigenvalue weighted by Gasteiger charge is 2.42. The van der Waals surface area contributed by atoms with Gasteiger partial charge in [0.25, 0.3) is 0 Å². The fraction of sp³-hybridized carbons (Fsp3) is 0.0800. The van der Waals surface area contributed by atoms with Gasteiger partial charge in [-0.1, -0.05) is 6.07 Å². The summed E-state index contributed by atoms with van der Waals surface area (Å²) < 4.78 is 15.6.